The minimum absolute atomic E-state index is 0.204. The summed E-state index contributed by atoms with van der Waals surface area (Å²) in [6, 6.07) is 12.4. The quantitative estimate of drug-likeness (QED) is 0.771. The molecule has 0 fully saturated rings. The molecule has 0 bridgehead atoms. The Balaban J connectivity index is 1.91. The Morgan fingerprint density at radius 3 is 2.35 bits per heavy atom. The molecule has 2 aromatic carbocycles. The van der Waals surface area contributed by atoms with Crippen molar-refractivity contribution in [2.75, 3.05) is 27.8 Å². The van der Waals surface area contributed by atoms with Crippen molar-refractivity contribution in [3.05, 3.63) is 65.5 Å². The number of rotatable bonds is 7. The first-order valence-electron chi connectivity index (χ1n) is 7.44. The van der Waals surface area contributed by atoms with Gasteiger partial charge in [0.1, 0.15) is 5.82 Å². The fourth-order valence-electron chi connectivity index (χ4n) is 2.29. The summed E-state index contributed by atoms with van der Waals surface area (Å²) in [5.74, 6) is 1.23. The first-order chi connectivity index (χ1) is 11.1. The second-order valence-corrected chi connectivity index (χ2v) is 5.34. The maximum atomic E-state index is 12.9. The summed E-state index contributed by atoms with van der Waals surface area (Å²) in [4.78, 5) is 2.16. The highest BCUT2D eigenvalue weighted by Gasteiger charge is 2.03. The highest BCUT2D eigenvalue weighted by molar-refractivity contribution is 5.56. The number of hydrogen-bond donors (Lipinski definition) is 0. The number of likely N-dealkylation sites (N-methyl/N-ethyl adjacent to an activating group) is 1. The average molecular weight is 315 g/mol. The molecule has 0 aromatic heterocycles. The van der Waals surface area contributed by atoms with Crippen LogP contribution in [0.2, 0.25) is 0 Å². The molecule has 122 valence electrons. The number of hydrogen-bond acceptors (Lipinski definition) is 3. The molecule has 0 saturated heterocycles. The third kappa shape index (κ3) is 5.11. The molecule has 0 heterocycles. The van der Waals surface area contributed by atoms with Crippen LogP contribution in [0.3, 0.4) is 0 Å². The monoisotopic (exact) mass is 315 g/mol. The summed E-state index contributed by atoms with van der Waals surface area (Å²) in [7, 11) is 5.28. The van der Waals surface area contributed by atoms with Gasteiger partial charge in [-0.25, -0.2) is 4.39 Å². The first-order valence-corrected chi connectivity index (χ1v) is 7.44. The lowest BCUT2D eigenvalue weighted by Gasteiger charge is -2.14. The Morgan fingerprint density at radius 2 is 1.70 bits per heavy atom. The molecule has 0 radical (unpaired) electrons. The minimum Gasteiger partial charge on any atom is -0.493 e. The smallest absolute Gasteiger partial charge is 0.161 e. The summed E-state index contributed by atoms with van der Waals surface area (Å²) in [5, 5.41) is 0. The Hall–Kier alpha value is -2.33. The number of halogens is 1. The Morgan fingerprint density at radius 1 is 1.00 bits per heavy atom. The van der Waals surface area contributed by atoms with E-state index in [1.54, 1.807) is 14.2 Å². The van der Waals surface area contributed by atoms with Gasteiger partial charge in [-0.2, -0.15) is 0 Å². The van der Waals surface area contributed by atoms with E-state index in [-0.39, 0.29) is 5.82 Å². The van der Waals surface area contributed by atoms with Crippen LogP contribution in [0.25, 0.3) is 6.08 Å². The molecule has 23 heavy (non-hydrogen) atoms. The largest absolute Gasteiger partial charge is 0.493 e. The van der Waals surface area contributed by atoms with Gasteiger partial charge in [0.25, 0.3) is 0 Å². The van der Waals surface area contributed by atoms with Crippen molar-refractivity contribution in [3.8, 4) is 11.5 Å². The molecule has 0 saturated carbocycles. The molecule has 0 unspecified atom stereocenters. The number of ether oxygens (including phenoxy) is 2. The van der Waals surface area contributed by atoms with E-state index >= 15 is 0 Å². The van der Waals surface area contributed by atoms with Crippen LogP contribution in [-0.4, -0.2) is 32.7 Å². The van der Waals surface area contributed by atoms with Crippen LogP contribution < -0.4 is 9.47 Å². The van der Waals surface area contributed by atoms with E-state index in [0.717, 1.165) is 30.0 Å². The van der Waals surface area contributed by atoms with Gasteiger partial charge in [0.05, 0.1) is 14.2 Å². The SMILES string of the molecule is COc1ccc(/C=C/CN(C)Cc2ccc(F)cc2)cc1OC. The Kier molecular flexibility index (Phi) is 6.18. The normalized spacial score (nSPS) is 11.2. The Labute approximate surface area is 137 Å². The first kappa shape index (κ1) is 17.0. The number of nitrogens with zero attached hydrogens (tertiary/aromatic N) is 1. The van der Waals surface area contributed by atoms with E-state index in [2.05, 4.69) is 11.0 Å². The molecule has 2 aromatic rings. The summed E-state index contributed by atoms with van der Waals surface area (Å²) in [6.45, 7) is 1.57. The summed E-state index contributed by atoms with van der Waals surface area (Å²) >= 11 is 0. The van der Waals surface area contributed by atoms with E-state index in [1.165, 1.54) is 12.1 Å². The van der Waals surface area contributed by atoms with Crippen LogP contribution in [0.4, 0.5) is 4.39 Å². The number of methoxy groups -OCH3 is 2. The fourth-order valence-corrected chi connectivity index (χ4v) is 2.29. The van der Waals surface area contributed by atoms with Crippen LogP contribution >= 0.6 is 0 Å². The van der Waals surface area contributed by atoms with Gasteiger partial charge in [-0.1, -0.05) is 30.4 Å². The van der Waals surface area contributed by atoms with Crippen molar-refractivity contribution >= 4 is 6.08 Å². The van der Waals surface area contributed by atoms with Crippen molar-refractivity contribution in [1.29, 1.82) is 0 Å². The highest BCUT2D eigenvalue weighted by atomic mass is 19.1. The van der Waals surface area contributed by atoms with Gasteiger partial charge in [-0.15, -0.1) is 0 Å². The second-order valence-electron chi connectivity index (χ2n) is 5.34. The van der Waals surface area contributed by atoms with Crippen LogP contribution in [0.5, 0.6) is 11.5 Å². The molecule has 0 N–H and O–H groups in total. The van der Waals surface area contributed by atoms with Crippen molar-refractivity contribution in [3.63, 3.8) is 0 Å². The van der Waals surface area contributed by atoms with Crippen molar-refractivity contribution in [2.45, 2.75) is 6.54 Å². The van der Waals surface area contributed by atoms with Crippen molar-refractivity contribution in [1.82, 2.24) is 4.90 Å². The van der Waals surface area contributed by atoms with Crippen molar-refractivity contribution < 1.29 is 13.9 Å². The van der Waals surface area contributed by atoms with Crippen LogP contribution in [-0.2, 0) is 6.54 Å². The molecule has 0 amide bonds. The molecule has 3 nitrogen and oxygen atoms in total. The summed E-state index contributed by atoms with van der Waals surface area (Å²) < 4.78 is 23.4. The lowest BCUT2D eigenvalue weighted by atomic mass is 10.2. The van der Waals surface area contributed by atoms with E-state index < -0.39 is 0 Å². The zero-order valence-corrected chi connectivity index (χ0v) is 13.8. The predicted molar refractivity (Wildman–Crippen MR) is 91.3 cm³/mol. The van der Waals surface area contributed by atoms with Gasteiger partial charge in [-0.05, 0) is 42.4 Å². The zero-order valence-electron chi connectivity index (χ0n) is 13.8. The fraction of sp³-hybridized carbons (Fsp3) is 0.263. The average Bonchev–Trinajstić information content (AvgIpc) is 2.56. The standard InChI is InChI=1S/C19H22FNO2/c1-21(14-16-6-9-17(20)10-7-16)12-4-5-15-8-11-18(22-2)19(13-15)23-3/h4-11,13H,12,14H2,1-3H3/b5-4+. The zero-order chi connectivity index (χ0) is 16.7. The molecule has 0 spiro atoms. The topological polar surface area (TPSA) is 21.7 Å². The van der Waals surface area contributed by atoms with Gasteiger partial charge < -0.3 is 9.47 Å². The van der Waals surface area contributed by atoms with Gasteiger partial charge in [0.15, 0.2) is 11.5 Å². The van der Waals surface area contributed by atoms with E-state index in [1.807, 2.05) is 43.5 Å². The maximum absolute atomic E-state index is 12.9. The van der Waals surface area contributed by atoms with Gasteiger partial charge >= 0.3 is 0 Å². The van der Waals surface area contributed by atoms with Crippen LogP contribution in [0, 0.1) is 5.82 Å². The molecule has 4 heteroatoms. The molecule has 0 atom stereocenters. The number of benzene rings is 2. The minimum atomic E-state index is -0.204. The third-order valence-corrected chi connectivity index (χ3v) is 3.50. The highest BCUT2D eigenvalue weighted by Crippen LogP contribution is 2.27. The molecule has 0 aliphatic heterocycles. The third-order valence-electron chi connectivity index (χ3n) is 3.50. The predicted octanol–water partition coefficient (Wildman–Crippen LogP) is 3.99. The van der Waals surface area contributed by atoms with Crippen molar-refractivity contribution in [2.24, 2.45) is 0 Å². The lowest BCUT2D eigenvalue weighted by Crippen LogP contribution is -2.17. The molecular formula is C19H22FNO2. The second kappa shape index (κ2) is 8.34. The van der Waals surface area contributed by atoms with Gasteiger partial charge in [-0.3, -0.25) is 4.90 Å². The van der Waals surface area contributed by atoms with Gasteiger partial charge in [0.2, 0.25) is 0 Å². The molecule has 2 rings (SSSR count). The van der Waals surface area contributed by atoms with E-state index in [4.69, 9.17) is 9.47 Å². The lowest BCUT2D eigenvalue weighted by molar-refractivity contribution is 0.355. The summed E-state index contributed by atoms with van der Waals surface area (Å²) in [5.41, 5.74) is 2.14. The maximum Gasteiger partial charge on any atom is 0.161 e. The summed E-state index contributed by atoms with van der Waals surface area (Å²) in [6.07, 6.45) is 4.13. The van der Waals surface area contributed by atoms with Gasteiger partial charge in [0, 0.05) is 13.1 Å². The molecule has 0 aliphatic rings. The van der Waals surface area contributed by atoms with E-state index in [0.29, 0.717) is 5.75 Å². The van der Waals surface area contributed by atoms with Crippen LogP contribution in [0.1, 0.15) is 11.1 Å². The molecule has 0 aliphatic carbocycles. The van der Waals surface area contributed by atoms with E-state index in [9.17, 15) is 4.39 Å². The Bertz CT molecular complexity index is 653. The molecular weight excluding hydrogens is 293 g/mol. The van der Waals surface area contributed by atoms with Crippen LogP contribution in [0.15, 0.2) is 48.5 Å².